The highest BCUT2D eigenvalue weighted by molar-refractivity contribution is 5.67. The number of hydrogen-bond acceptors (Lipinski definition) is 1. The zero-order valence-corrected chi connectivity index (χ0v) is 11.3. The van der Waals surface area contributed by atoms with Crippen LogP contribution in [0.5, 0.6) is 0 Å². The third kappa shape index (κ3) is 2.96. The van der Waals surface area contributed by atoms with Gasteiger partial charge in [0, 0.05) is 32.0 Å². The Morgan fingerprint density at radius 2 is 2.05 bits per heavy atom. The molecular weight excluding hydrogens is 232 g/mol. The Morgan fingerprint density at radius 1 is 1.21 bits per heavy atom. The molecule has 1 unspecified atom stereocenters. The van der Waals surface area contributed by atoms with Crippen LogP contribution < -0.4 is 0 Å². The molecule has 2 aromatic rings. The summed E-state index contributed by atoms with van der Waals surface area (Å²) in [5.41, 5.74) is 4.16. The summed E-state index contributed by atoms with van der Waals surface area (Å²) in [5.74, 6) is 0.613. The van der Waals surface area contributed by atoms with Gasteiger partial charge in [-0.15, -0.1) is 0 Å². The van der Waals surface area contributed by atoms with E-state index in [0.717, 1.165) is 19.6 Å². The molecule has 0 aliphatic carbocycles. The molecule has 0 amide bonds. The summed E-state index contributed by atoms with van der Waals surface area (Å²) in [4.78, 5) is 5.68. The van der Waals surface area contributed by atoms with Crippen LogP contribution in [0, 0.1) is 5.92 Å². The molecule has 1 aromatic carbocycles. The maximum absolute atomic E-state index is 3.15. The third-order valence-corrected chi connectivity index (χ3v) is 3.64. The molecule has 1 aromatic heterocycles. The van der Waals surface area contributed by atoms with Crippen molar-refractivity contribution in [2.75, 3.05) is 13.1 Å². The Hall–Kier alpha value is -1.80. The fourth-order valence-electron chi connectivity index (χ4n) is 2.83. The smallest absolute Gasteiger partial charge is 0.0240 e. The zero-order chi connectivity index (χ0) is 13.1. The molecule has 0 saturated heterocycles. The van der Waals surface area contributed by atoms with Crippen molar-refractivity contribution in [3.05, 3.63) is 66.0 Å². The number of benzene rings is 1. The molecule has 2 heterocycles. The van der Waals surface area contributed by atoms with Gasteiger partial charge in [-0.1, -0.05) is 43.3 Å². The molecule has 1 atom stereocenters. The number of aromatic nitrogens is 1. The summed E-state index contributed by atoms with van der Waals surface area (Å²) in [6.45, 7) is 5.51. The molecule has 0 radical (unpaired) electrons. The van der Waals surface area contributed by atoms with E-state index < -0.39 is 0 Å². The Morgan fingerprint density at radius 3 is 2.79 bits per heavy atom. The van der Waals surface area contributed by atoms with Crippen LogP contribution in [0.25, 0.3) is 5.57 Å². The van der Waals surface area contributed by atoms with Crippen molar-refractivity contribution >= 4 is 5.57 Å². The van der Waals surface area contributed by atoms with E-state index >= 15 is 0 Å². The number of nitrogens with one attached hydrogen (secondary N) is 1. The number of hydrogen-bond donors (Lipinski definition) is 1. The van der Waals surface area contributed by atoms with E-state index in [4.69, 9.17) is 0 Å². The third-order valence-electron chi connectivity index (χ3n) is 3.64. The topological polar surface area (TPSA) is 19.0 Å². The lowest BCUT2D eigenvalue weighted by molar-refractivity contribution is 0.264. The summed E-state index contributed by atoms with van der Waals surface area (Å²) in [7, 11) is 0. The molecule has 98 valence electrons. The van der Waals surface area contributed by atoms with Gasteiger partial charge in [0.05, 0.1) is 0 Å². The predicted molar refractivity (Wildman–Crippen MR) is 79.7 cm³/mol. The average molecular weight is 252 g/mol. The maximum Gasteiger partial charge on any atom is 0.0240 e. The first-order valence-electron chi connectivity index (χ1n) is 6.91. The first kappa shape index (κ1) is 12.2. The van der Waals surface area contributed by atoms with Crippen molar-refractivity contribution in [1.82, 2.24) is 9.88 Å². The molecule has 2 nitrogen and oxygen atoms in total. The van der Waals surface area contributed by atoms with Crippen LogP contribution in [-0.4, -0.2) is 23.0 Å². The minimum atomic E-state index is 0.613. The fraction of sp³-hybridized carbons (Fsp3) is 0.294. The van der Waals surface area contributed by atoms with Crippen LogP contribution in [0.2, 0.25) is 0 Å². The highest BCUT2D eigenvalue weighted by atomic mass is 15.1. The van der Waals surface area contributed by atoms with Crippen LogP contribution in [0.1, 0.15) is 18.1 Å². The van der Waals surface area contributed by atoms with E-state index in [0.29, 0.717) is 5.92 Å². The molecule has 3 rings (SSSR count). The largest absolute Gasteiger partial charge is 0.367 e. The zero-order valence-electron chi connectivity index (χ0n) is 11.3. The lowest BCUT2D eigenvalue weighted by atomic mass is 9.97. The summed E-state index contributed by atoms with van der Waals surface area (Å²) < 4.78 is 0. The van der Waals surface area contributed by atoms with E-state index in [-0.39, 0.29) is 0 Å². The second-order valence-electron chi connectivity index (χ2n) is 5.42. The summed E-state index contributed by atoms with van der Waals surface area (Å²) >= 11 is 0. The Bertz CT molecular complexity index is 540. The SMILES string of the molecule is CC1C=C(c2cc[nH]c2)CN(Cc2ccccc2)C1. The van der Waals surface area contributed by atoms with Gasteiger partial charge in [0.2, 0.25) is 0 Å². The van der Waals surface area contributed by atoms with Gasteiger partial charge in [-0.2, -0.15) is 0 Å². The minimum Gasteiger partial charge on any atom is -0.367 e. The van der Waals surface area contributed by atoms with E-state index in [1.165, 1.54) is 16.7 Å². The maximum atomic E-state index is 3.15. The number of aromatic amines is 1. The van der Waals surface area contributed by atoms with E-state index in [1.807, 2.05) is 6.20 Å². The van der Waals surface area contributed by atoms with Crippen LogP contribution in [0.4, 0.5) is 0 Å². The Kier molecular flexibility index (Phi) is 3.51. The quantitative estimate of drug-likeness (QED) is 0.885. The number of nitrogens with zero attached hydrogens (tertiary/aromatic N) is 1. The molecule has 0 bridgehead atoms. The van der Waals surface area contributed by atoms with Crippen molar-refractivity contribution in [2.24, 2.45) is 5.92 Å². The van der Waals surface area contributed by atoms with Crippen molar-refractivity contribution < 1.29 is 0 Å². The van der Waals surface area contributed by atoms with Gasteiger partial charge in [0.15, 0.2) is 0 Å². The molecule has 19 heavy (non-hydrogen) atoms. The second-order valence-corrected chi connectivity index (χ2v) is 5.42. The molecule has 1 aliphatic heterocycles. The molecule has 0 spiro atoms. The first-order chi connectivity index (χ1) is 9.31. The van der Waals surface area contributed by atoms with E-state index in [2.05, 4.69) is 65.5 Å². The molecular formula is C17H20N2. The molecule has 2 heteroatoms. The highest BCUT2D eigenvalue weighted by Crippen LogP contribution is 2.24. The van der Waals surface area contributed by atoms with Crippen molar-refractivity contribution in [2.45, 2.75) is 13.5 Å². The van der Waals surface area contributed by atoms with Crippen molar-refractivity contribution in [1.29, 1.82) is 0 Å². The van der Waals surface area contributed by atoms with Gasteiger partial charge in [0.25, 0.3) is 0 Å². The van der Waals surface area contributed by atoms with E-state index in [9.17, 15) is 0 Å². The fourth-order valence-corrected chi connectivity index (χ4v) is 2.83. The second kappa shape index (κ2) is 5.45. The Balaban J connectivity index is 1.74. The number of H-pyrrole nitrogens is 1. The summed E-state index contributed by atoms with van der Waals surface area (Å²) in [6.07, 6.45) is 6.49. The van der Waals surface area contributed by atoms with Gasteiger partial charge >= 0.3 is 0 Å². The average Bonchev–Trinajstić information content (AvgIpc) is 2.93. The standard InChI is InChI=1S/C17H20N2/c1-14-9-17(16-7-8-18-10-16)13-19(11-14)12-15-5-3-2-4-6-15/h2-10,14,18H,11-13H2,1H3. The molecule has 0 saturated carbocycles. The normalized spacial score (nSPS) is 20.3. The van der Waals surface area contributed by atoms with Gasteiger partial charge in [-0.05, 0) is 28.7 Å². The van der Waals surface area contributed by atoms with Gasteiger partial charge in [0.1, 0.15) is 0 Å². The van der Waals surface area contributed by atoms with Crippen LogP contribution >= 0.6 is 0 Å². The predicted octanol–water partition coefficient (Wildman–Crippen LogP) is 3.55. The lowest BCUT2D eigenvalue weighted by Gasteiger charge is -2.30. The Labute approximate surface area is 114 Å². The summed E-state index contributed by atoms with van der Waals surface area (Å²) in [5, 5.41) is 0. The van der Waals surface area contributed by atoms with Crippen molar-refractivity contribution in [3.63, 3.8) is 0 Å². The first-order valence-corrected chi connectivity index (χ1v) is 6.91. The van der Waals surface area contributed by atoms with Crippen LogP contribution in [0.15, 0.2) is 54.9 Å². The number of rotatable bonds is 3. The lowest BCUT2D eigenvalue weighted by Crippen LogP contribution is -2.32. The van der Waals surface area contributed by atoms with Gasteiger partial charge < -0.3 is 4.98 Å². The molecule has 0 fully saturated rings. The summed E-state index contributed by atoms with van der Waals surface area (Å²) in [6, 6.07) is 12.9. The van der Waals surface area contributed by atoms with Crippen molar-refractivity contribution in [3.8, 4) is 0 Å². The van der Waals surface area contributed by atoms with Crippen LogP contribution in [0.3, 0.4) is 0 Å². The van der Waals surface area contributed by atoms with Gasteiger partial charge in [-0.3, -0.25) is 4.90 Å². The van der Waals surface area contributed by atoms with E-state index in [1.54, 1.807) is 0 Å². The van der Waals surface area contributed by atoms with Crippen LogP contribution in [-0.2, 0) is 6.54 Å². The molecule has 1 aliphatic rings. The van der Waals surface area contributed by atoms with Gasteiger partial charge in [-0.25, -0.2) is 0 Å². The minimum absolute atomic E-state index is 0.613. The monoisotopic (exact) mass is 252 g/mol. The highest BCUT2D eigenvalue weighted by Gasteiger charge is 2.18. The molecule has 1 N–H and O–H groups in total.